The van der Waals surface area contributed by atoms with Crippen molar-refractivity contribution in [2.45, 2.75) is 19.4 Å². The number of carbonyl (C=O) groups excluding carboxylic acids is 1. The Bertz CT molecular complexity index is 410. The summed E-state index contributed by atoms with van der Waals surface area (Å²) in [5.74, 6) is 0.337. The molecule has 1 heterocycles. The number of hydrogen-bond donors (Lipinski definition) is 0. The van der Waals surface area contributed by atoms with Gasteiger partial charge in [-0.05, 0) is 18.4 Å². The van der Waals surface area contributed by atoms with Gasteiger partial charge >= 0.3 is 0 Å². The molecular formula is C16H21NO2. The number of hydrogen-bond acceptors (Lipinski definition) is 2. The SMILES string of the molecule is C=CCN(Cc1ccccc1)C(=O)C1CCOCC1. The van der Waals surface area contributed by atoms with Crippen molar-refractivity contribution in [1.82, 2.24) is 4.90 Å². The third-order valence-electron chi connectivity index (χ3n) is 3.45. The number of amides is 1. The van der Waals surface area contributed by atoms with Gasteiger partial charge in [0.05, 0.1) is 0 Å². The molecular weight excluding hydrogens is 238 g/mol. The van der Waals surface area contributed by atoms with Crippen LogP contribution < -0.4 is 0 Å². The number of carbonyl (C=O) groups is 1. The Morgan fingerprint density at radius 2 is 2.00 bits per heavy atom. The lowest BCUT2D eigenvalue weighted by atomic mass is 9.98. The number of nitrogens with zero attached hydrogens (tertiary/aromatic N) is 1. The lowest BCUT2D eigenvalue weighted by Gasteiger charge is -2.28. The maximum absolute atomic E-state index is 12.5. The molecule has 102 valence electrons. The Morgan fingerprint density at radius 3 is 2.63 bits per heavy atom. The Balaban J connectivity index is 2.02. The van der Waals surface area contributed by atoms with Crippen molar-refractivity contribution in [2.75, 3.05) is 19.8 Å². The van der Waals surface area contributed by atoms with Gasteiger partial charge in [0.2, 0.25) is 5.91 Å². The van der Waals surface area contributed by atoms with Gasteiger partial charge in [-0.25, -0.2) is 0 Å². The van der Waals surface area contributed by atoms with Crippen LogP contribution in [0.25, 0.3) is 0 Å². The van der Waals surface area contributed by atoms with Crippen LogP contribution in [0.5, 0.6) is 0 Å². The van der Waals surface area contributed by atoms with Crippen LogP contribution in [-0.2, 0) is 16.1 Å². The molecule has 1 amide bonds. The fourth-order valence-electron chi connectivity index (χ4n) is 2.39. The Kier molecular flexibility index (Phi) is 5.16. The smallest absolute Gasteiger partial charge is 0.226 e. The van der Waals surface area contributed by atoms with Crippen molar-refractivity contribution < 1.29 is 9.53 Å². The summed E-state index contributed by atoms with van der Waals surface area (Å²) in [7, 11) is 0. The minimum Gasteiger partial charge on any atom is -0.381 e. The molecule has 0 atom stereocenters. The zero-order valence-corrected chi connectivity index (χ0v) is 11.3. The van der Waals surface area contributed by atoms with E-state index in [1.165, 1.54) is 0 Å². The van der Waals surface area contributed by atoms with E-state index in [4.69, 9.17) is 4.74 Å². The van der Waals surface area contributed by atoms with Crippen molar-refractivity contribution in [3.8, 4) is 0 Å². The molecule has 19 heavy (non-hydrogen) atoms. The summed E-state index contributed by atoms with van der Waals surface area (Å²) < 4.78 is 5.32. The molecule has 0 aromatic heterocycles. The van der Waals surface area contributed by atoms with Crippen LogP contribution in [0.2, 0.25) is 0 Å². The van der Waals surface area contributed by atoms with E-state index < -0.39 is 0 Å². The van der Waals surface area contributed by atoms with E-state index in [1.54, 1.807) is 6.08 Å². The van der Waals surface area contributed by atoms with E-state index in [9.17, 15) is 4.79 Å². The summed E-state index contributed by atoms with van der Waals surface area (Å²) in [6.07, 6.45) is 3.46. The Labute approximate surface area is 114 Å². The molecule has 0 aliphatic carbocycles. The molecule has 0 unspecified atom stereocenters. The van der Waals surface area contributed by atoms with Crippen molar-refractivity contribution in [3.05, 3.63) is 48.6 Å². The summed E-state index contributed by atoms with van der Waals surface area (Å²) in [5.41, 5.74) is 1.16. The van der Waals surface area contributed by atoms with E-state index in [1.807, 2.05) is 35.2 Å². The van der Waals surface area contributed by atoms with E-state index in [0.717, 1.165) is 18.4 Å². The first kappa shape index (κ1) is 13.8. The van der Waals surface area contributed by atoms with Gasteiger partial charge in [0.25, 0.3) is 0 Å². The van der Waals surface area contributed by atoms with Gasteiger partial charge in [-0.3, -0.25) is 4.79 Å². The molecule has 3 nitrogen and oxygen atoms in total. The van der Waals surface area contributed by atoms with Gasteiger partial charge in [-0.2, -0.15) is 0 Å². The monoisotopic (exact) mass is 259 g/mol. The second-order valence-electron chi connectivity index (χ2n) is 4.88. The van der Waals surface area contributed by atoms with Crippen molar-refractivity contribution in [1.29, 1.82) is 0 Å². The normalized spacial score (nSPS) is 16.0. The largest absolute Gasteiger partial charge is 0.381 e. The second-order valence-corrected chi connectivity index (χ2v) is 4.88. The van der Waals surface area contributed by atoms with Crippen molar-refractivity contribution in [2.24, 2.45) is 5.92 Å². The molecule has 0 radical (unpaired) electrons. The molecule has 1 aliphatic heterocycles. The maximum atomic E-state index is 12.5. The van der Waals surface area contributed by atoms with Gasteiger partial charge in [0.15, 0.2) is 0 Å². The molecule has 1 saturated heterocycles. The average molecular weight is 259 g/mol. The highest BCUT2D eigenvalue weighted by Crippen LogP contribution is 2.19. The van der Waals surface area contributed by atoms with Gasteiger partial charge in [0, 0.05) is 32.2 Å². The van der Waals surface area contributed by atoms with E-state index in [0.29, 0.717) is 26.3 Å². The predicted octanol–water partition coefficient (Wildman–Crippen LogP) is 2.63. The quantitative estimate of drug-likeness (QED) is 0.761. The van der Waals surface area contributed by atoms with Gasteiger partial charge in [-0.1, -0.05) is 36.4 Å². The van der Waals surface area contributed by atoms with Crippen LogP contribution in [0.4, 0.5) is 0 Å². The van der Waals surface area contributed by atoms with Crippen LogP contribution in [-0.4, -0.2) is 30.6 Å². The Hall–Kier alpha value is -1.61. The second kappa shape index (κ2) is 7.10. The highest BCUT2D eigenvalue weighted by molar-refractivity contribution is 5.79. The fraction of sp³-hybridized carbons (Fsp3) is 0.438. The molecule has 0 spiro atoms. The average Bonchev–Trinajstić information content (AvgIpc) is 2.48. The first-order chi connectivity index (χ1) is 9.31. The van der Waals surface area contributed by atoms with E-state index >= 15 is 0 Å². The molecule has 0 N–H and O–H groups in total. The van der Waals surface area contributed by atoms with Gasteiger partial charge in [-0.15, -0.1) is 6.58 Å². The van der Waals surface area contributed by atoms with Crippen LogP contribution in [0, 0.1) is 5.92 Å². The molecule has 1 fully saturated rings. The van der Waals surface area contributed by atoms with Crippen LogP contribution >= 0.6 is 0 Å². The molecule has 1 aromatic carbocycles. The third-order valence-corrected chi connectivity index (χ3v) is 3.45. The van der Waals surface area contributed by atoms with Crippen molar-refractivity contribution in [3.63, 3.8) is 0 Å². The lowest BCUT2D eigenvalue weighted by Crippen LogP contribution is -2.38. The summed E-state index contributed by atoms with van der Waals surface area (Å²) in [5, 5.41) is 0. The minimum absolute atomic E-state index is 0.109. The van der Waals surface area contributed by atoms with E-state index in [-0.39, 0.29) is 11.8 Å². The van der Waals surface area contributed by atoms with Crippen LogP contribution in [0.1, 0.15) is 18.4 Å². The number of benzene rings is 1. The Morgan fingerprint density at radius 1 is 1.32 bits per heavy atom. The highest BCUT2D eigenvalue weighted by Gasteiger charge is 2.25. The summed E-state index contributed by atoms with van der Waals surface area (Å²) in [4.78, 5) is 14.4. The zero-order valence-electron chi connectivity index (χ0n) is 11.3. The topological polar surface area (TPSA) is 29.5 Å². The van der Waals surface area contributed by atoms with Gasteiger partial charge in [0.1, 0.15) is 0 Å². The molecule has 0 bridgehead atoms. The zero-order chi connectivity index (χ0) is 13.5. The first-order valence-corrected chi connectivity index (χ1v) is 6.82. The van der Waals surface area contributed by atoms with E-state index in [2.05, 4.69) is 6.58 Å². The first-order valence-electron chi connectivity index (χ1n) is 6.82. The lowest BCUT2D eigenvalue weighted by molar-refractivity contribution is -0.138. The minimum atomic E-state index is 0.109. The molecule has 3 heteroatoms. The summed E-state index contributed by atoms with van der Waals surface area (Å²) in [6, 6.07) is 10.1. The van der Waals surface area contributed by atoms with Crippen LogP contribution in [0.3, 0.4) is 0 Å². The van der Waals surface area contributed by atoms with Gasteiger partial charge < -0.3 is 9.64 Å². The molecule has 0 saturated carbocycles. The highest BCUT2D eigenvalue weighted by atomic mass is 16.5. The third kappa shape index (κ3) is 3.93. The fourth-order valence-corrected chi connectivity index (χ4v) is 2.39. The molecule has 1 aliphatic rings. The summed E-state index contributed by atoms with van der Waals surface area (Å²) in [6.45, 7) is 6.41. The number of ether oxygens (including phenoxy) is 1. The maximum Gasteiger partial charge on any atom is 0.226 e. The molecule has 1 aromatic rings. The predicted molar refractivity (Wildman–Crippen MR) is 75.6 cm³/mol. The summed E-state index contributed by atoms with van der Waals surface area (Å²) >= 11 is 0. The standard InChI is InChI=1S/C16H21NO2/c1-2-10-17(13-14-6-4-3-5-7-14)16(18)15-8-11-19-12-9-15/h2-7,15H,1,8-13H2. The van der Waals surface area contributed by atoms with Crippen molar-refractivity contribution >= 4 is 5.91 Å². The number of rotatable bonds is 5. The van der Waals surface area contributed by atoms with Crippen LogP contribution in [0.15, 0.2) is 43.0 Å². The molecule has 2 rings (SSSR count).